The smallest absolute Gasteiger partial charge is 0.255 e. The highest BCUT2D eigenvalue weighted by Gasteiger charge is 2.41. The van der Waals surface area contributed by atoms with E-state index in [9.17, 15) is 9.59 Å². The van der Waals surface area contributed by atoms with E-state index in [1.165, 1.54) is 0 Å². The third-order valence-corrected chi connectivity index (χ3v) is 6.83. The van der Waals surface area contributed by atoms with Crippen LogP contribution < -0.4 is 15.4 Å². The van der Waals surface area contributed by atoms with E-state index < -0.39 is 5.92 Å². The lowest BCUT2D eigenvalue weighted by Gasteiger charge is -2.37. The topological polar surface area (TPSA) is 93.2 Å². The number of pyridine rings is 2. The zero-order valence-corrected chi connectivity index (χ0v) is 20.5. The van der Waals surface area contributed by atoms with Crippen LogP contribution in [0, 0.1) is 6.92 Å². The number of ketones is 1. The predicted octanol–water partition coefficient (Wildman–Crippen LogP) is 4.79. The average Bonchev–Trinajstić information content (AvgIpc) is 2.89. The summed E-state index contributed by atoms with van der Waals surface area (Å²) in [4.78, 5) is 35.8. The van der Waals surface area contributed by atoms with Gasteiger partial charge in [-0.2, -0.15) is 0 Å². The van der Waals surface area contributed by atoms with Crippen LogP contribution in [0.1, 0.15) is 48.3 Å². The first-order valence-corrected chi connectivity index (χ1v) is 12.0. The number of hydrogen-bond acceptors (Lipinski definition) is 6. The number of benzene rings is 1. The van der Waals surface area contributed by atoms with E-state index in [1.807, 2.05) is 56.3 Å². The molecule has 3 aromatic rings. The molecule has 2 atom stereocenters. The van der Waals surface area contributed by atoms with Crippen LogP contribution in [0.3, 0.4) is 0 Å². The molecule has 0 radical (unpaired) electrons. The molecular weight excluding hydrogens is 452 g/mol. The first kappa shape index (κ1) is 23.5. The molecule has 5 rings (SSSR count). The van der Waals surface area contributed by atoms with Crippen LogP contribution in [0.25, 0.3) is 0 Å². The predicted molar refractivity (Wildman–Crippen MR) is 137 cm³/mol. The Morgan fingerprint density at radius 2 is 1.83 bits per heavy atom. The van der Waals surface area contributed by atoms with Crippen molar-refractivity contribution in [1.29, 1.82) is 0 Å². The fourth-order valence-corrected chi connectivity index (χ4v) is 5.06. The fraction of sp³-hybridized carbons (Fsp3) is 0.241. The number of Topliss-reactive ketones (excluding diaryl/α,β-unsaturated/α-hetero) is 1. The standard InChI is InChI=1S/C29H28N4O3/c1-17-6-11-25(31-15-17)33-29(35)26-18(2)32-23-13-21(19-7-9-22(36-3)10-8-19)14-24(34)28(23)27(26)20-5-4-12-30-16-20/h4-12,15-16,21,27,32H,13-14H2,1-3H3,(H,31,33,35). The Bertz CT molecular complexity index is 1360. The van der Waals surface area contributed by atoms with Gasteiger partial charge in [-0.15, -0.1) is 0 Å². The van der Waals surface area contributed by atoms with E-state index in [-0.39, 0.29) is 17.6 Å². The second-order valence-corrected chi connectivity index (χ2v) is 9.25. The van der Waals surface area contributed by atoms with Gasteiger partial charge in [0.1, 0.15) is 11.6 Å². The molecule has 2 aliphatic rings. The molecule has 1 aliphatic carbocycles. The van der Waals surface area contributed by atoms with E-state index >= 15 is 0 Å². The zero-order valence-electron chi connectivity index (χ0n) is 20.5. The molecule has 0 spiro atoms. The van der Waals surface area contributed by atoms with Crippen LogP contribution in [0.2, 0.25) is 0 Å². The van der Waals surface area contributed by atoms with E-state index in [1.54, 1.807) is 31.8 Å². The number of anilines is 1. The van der Waals surface area contributed by atoms with Gasteiger partial charge in [-0.1, -0.05) is 24.3 Å². The van der Waals surface area contributed by atoms with Gasteiger partial charge in [0.15, 0.2) is 5.78 Å². The maximum absolute atomic E-state index is 13.7. The van der Waals surface area contributed by atoms with Crippen LogP contribution in [0.4, 0.5) is 5.82 Å². The molecule has 2 unspecified atom stereocenters. The number of dihydropyridines is 1. The summed E-state index contributed by atoms with van der Waals surface area (Å²) in [5.41, 5.74) is 5.62. The molecule has 0 bridgehead atoms. The quantitative estimate of drug-likeness (QED) is 0.545. The first-order chi connectivity index (χ1) is 17.4. The van der Waals surface area contributed by atoms with E-state index in [0.29, 0.717) is 29.8 Å². The third-order valence-electron chi connectivity index (χ3n) is 6.83. The molecule has 2 aromatic heterocycles. The van der Waals surface area contributed by atoms with Crippen molar-refractivity contribution in [3.05, 3.63) is 106 Å². The number of nitrogens with zero attached hydrogens (tertiary/aromatic N) is 2. The number of hydrogen-bond donors (Lipinski definition) is 2. The number of methoxy groups -OCH3 is 1. The maximum Gasteiger partial charge on any atom is 0.255 e. The summed E-state index contributed by atoms with van der Waals surface area (Å²) in [6.45, 7) is 3.82. The maximum atomic E-state index is 13.7. The summed E-state index contributed by atoms with van der Waals surface area (Å²) in [5, 5.41) is 6.32. The SMILES string of the molecule is COc1ccc(C2CC(=O)C3=C(C2)NC(C)=C(C(=O)Nc2ccc(C)cn2)C3c2cccnc2)cc1. The van der Waals surface area contributed by atoms with E-state index in [0.717, 1.165) is 33.8 Å². The van der Waals surface area contributed by atoms with Gasteiger partial charge in [0.25, 0.3) is 5.91 Å². The van der Waals surface area contributed by atoms with Gasteiger partial charge in [-0.3, -0.25) is 14.6 Å². The summed E-state index contributed by atoms with van der Waals surface area (Å²) in [7, 11) is 1.64. The Labute approximate surface area is 210 Å². The van der Waals surface area contributed by atoms with E-state index in [4.69, 9.17) is 4.74 Å². The van der Waals surface area contributed by atoms with Crippen molar-refractivity contribution >= 4 is 17.5 Å². The number of ether oxygens (including phenoxy) is 1. The van der Waals surface area contributed by atoms with Gasteiger partial charge < -0.3 is 15.4 Å². The van der Waals surface area contributed by atoms with Crippen molar-refractivity contribution in [2.75, 3.05) is 12.4 Å². The summed E-state index contributed by atoms with van der Waals surface area (Å²) in [6.07, 6.45) is 6.18. The van der Waals surface area contributed by atoms with Crippen molar-refractivity contribution in [2.45, 2.75) is 38.5 Å². The van der Waals surface area contributed by atoms with Crippen molar-refractivity contribution < 1.29 is 14.3 Å². The van der Waals surface area contributed by atoms with Crippen LogP contribution >= 0.6 is 0 Å². The average molecular weight is 481 g/mol. The third kappa shape index (κ3) is 4.52. The number of rotatable bonds is 5. The molecule has 1 aliphatic heterocycles. The number of aromatic nitrogens is 2. The van der Waals surface area contributed by atoms with Crippen LogP contribution in [0.15, 0.2) is 89.7 Å². The summed E-state index contributed by atoms with van der Waals surface area (Å²) in [5.74, 6) is 0.524. The Kier molecular flexibility index (Phi) is 6.38. The normalized spacial score (nSPS) is 19.5. The van der Waals surface area contributed by atoms with Crippen molar-refractivity contribution in [3.63, 3.8) is 0 Å². The van der Waals surface area contributed by atoms with Gasteiger partial charge in [0.05, 0.1) is 7.11 Å². The molecule has 36 heavy (non-hydrogen) atoms. The van der Waals surface area contributed by atoms with Crippen LogP contribution in [0.5, 0.6) is 5.75 Å². The number of carbonyl (C=O) groups is 2. The van der Waals surface area contributed by atoms with Crippen molar-refractivity contribution in [2.24, 2.45) is 0 Å². The summed E-state index contributed by atoms with van der Waals surface area (Å²) in [6, 6.07) is 15.3. The number of amides is 1. The van der Waals surface area contributed by atoms with Gasteiger partial charge in [-0.25, -0.2) is 4.98 Å². The molecule has 7 nitrogen and oxygen atoms in total. The Balaban J connectivity index is 1.51. The lowest BCUT2D eigenvalue weighted by molar-refractivity contribution is -0.116. The minimum atomic E-state index is -0.510. The van der Waals surface area contributed by atoms with Crippen LogP contribution in [-0.4, -0.2) is 28.8 Å². The van der Waals surface area contributed by atoms with Gasteiger partial charge in [0.2, 0.25) is 0 Å². The van der Waals surface area contributed by atoms with E-state index in [2.05, 4.69) is 20.6 Å². The zero-order chi connectivity index (χ0) is 25.2. The second kappa shape index (κ2) is 9.77. The highest BCUT2D eigenvalue weighted by atomic mass is 16.5. The number of aryl methyl sites for hydroxylation is 1. The Morgan fingerprint density at radius 1 is 1.03 bits per heavy atom. The molecule has 2 N–H and O–H groups in total. The highest BCUT2D eigenvalue weighted by molar-refractivity contribution is 6.09. The van der Waals surface area contributed by atoms with Crippen molar-refractivity contribution in [1.82, 2.24) is 15.3 Å². The minimum absolute atomic E-state index is 0.0321. The molecule has 1 aromatic carbocycles. The lowest BCUT2D eigenvalue weighted by atomic mass is 9.72. The number of allylic oxidation sites excluding steroid dienone is 3. The second-order valence-electron chi connectivity index (χ2n) is 9.25. The lowest BCUT2D eigenvalue weighted by Crippen LogP contribution is -2.37. The molecule has 182 valence electrons. The summed E-state index contributed by atoms with van der Waals surface area (Å²) < 4.78 is 5.28. The number of carbonyl (C=O) groups excluding carboxylic acids is 2. The monoisotopic (exact) mass is 480 g/mol. The van der Waals surface area contributed by atoms with Crippen LogP contribution in [-0.2, 0) is 9.59 Å². The molecule has 1 amide bonds. The van der Waals surface area contributed by atoms with Gasteiger partial charge >= 0.3 is 0 Å². The Morgan fingerprint density at radius 3 is 2.50 bits per heavy atom. The molecule has 0 saturated carbocycles. The first-order valence-electron chi connectivity index (χ1n) is 12.0. The van der Waals surface area contributed by atoms with Gasteiger partial charge in [0, 0.05) is 53.5 Å². The molecule has 0 fully saturated rings. The molecular formula is C29H28N4O3. The molecule has 0 saturated heterocycles. The Hall–Kier alpha value is -4.26. The fourth-order valence-electron chi connectivity index (χ4n) is 5.06. The molecule has 3 heterocycles. The highest BCUT2D eigenvalue weighted by Crippen LogP contribution is 2.45. The van der Waals surface area contributed by atoms with Crippen molar-refractivity contribution in [3.8, 4) is 5.75 Å². The minimum Gasteiger partial charge on any atom is -0.497 e. The largest absolute Gasteiger partial charge is 0.497 e. The van der Waals surface area contributed by atoms with Gasteiger partial charge in [-0.05, 0) is 67.1 Å². The summed E-state index contributed by atoms with van der Waals surface area (Å²) >= 11 is 0. The number of nitrogens with one attached hydrogen (secondary N) is 2. The molecule has 7 heteroatoms.